The van der Waals surface area contributed by atoms with Crippen LogP contribution >= 0.6 is 11.6 Å². The standard InChI is InChI=1S/C22H23ClN4O4/c23-15-4-6-16(7-5-15)24-22(30)25-17-8-9-19-18(12-17)27(21(29)14-31-19)13-20(28)26-10-2-1-3-11-26/h4-9,12H,1-3,10-11,13-14H2,(H2,24,25,30). The number of urea groups is 1. The maximum absolute atomic E-state index is 12.7. The lowest BCUT2D eigenvalue weighted by atomic mass is 10.1. The van der Waals surface area contributed by atoms with Gasteiger partial charge in [0.05, 0.1) is 5.69 Å². The molecule has 162 valence electrons. The number of nitrogens with one attached hydrogen (secondary N) is 2. The third-order valence-electron chi connectivity index (χ3n) is 5.26. The first-order chi connectivity index (χ1) is 15.0. The van der Waals surface area contributed by atoms with E-state index < -0.39 is 6.03 Å². The topological polar surface area (TPSA) is 91.0 Å². The first-order valence-electron chi connectivity index (χ1n) is 10.2. The van der Waals surface area contributed by atoms with Gasteiger partial charge in [0.15, 0.2) is 6.61 Å². The molecule has 4 amide bonds. The molecule has 2 aromatic rings. The van der Waals surface area contributed by atoms with Crippen molar-refractivity contribution in [2.24, 2.45) is 0 Å². The Hall–Kier alpha value is -3.26. The minimum atomic E-state index is -0.443. The van der Waals surface area contributed by atoms with Gasteiger partial charge in [0, 0.05) is 29.5 Å². The van der Waals surface area contributed by atoms with Crippen molar-refractivity contribution in [1.29, 1.82) is 0 Å². The second-order valence-corrected chi connectivity index (χ2v) is 7.91. The number of hydrogen-bond donors (Lipinski definition) is 2. The molecule has 0 spiro atoms. The van der Waals surface area contributed by atoms with Gasteiger partial charge < -0.3 is 20.3 Å². The number of benzene rings is 2. The summed E-state index contributed by atoms with van der Waals surface area (Å²) in [4.78, 5) is 40.8. The molecule has 0 atom stereocenters. The van der Waals surface area contributed by atoms with Gasteiger partial charge >= 0.3 is 6.03 Å². The Morgan fingerprint density at radius 2 is 1.65 bits per heavy atom. The summed E-state index contributed by atoms with van der Waals surface area (Å²) < 4.78 is 5.50. The maximum Gasteiger partial charge on any atom is 0.323 e. The highest BCUT2D eigenvalue weighted by Crippen LogP contribution is 2.34. The van der Waals surface area contributed by atoms with Crippen molar-refractivity contribution in [3.8, 4) is 5.75 Å². The van der Waals surface area contributed by atoms with Crippen LogP contribution in [0, 0.1) is 0 Å². The van der Waals surface area contributed by atoms with E-state index in [4.69, 9.17) is 16.3 Å². The van der Waals surface area contributed by atoms with Crippen molar-refractivity contribution in [2.75, 3.05) is 41.8 Å². The van der Waals surface area contributed by atoms with Crippen molar-refractivity contribution in [3.05, 3.63) is 47.5 Å². The zero-order chi connectivity index (χ0) is 21.8. The molecule has 2 aliphatic rings. The van der Waals surface area contributed by atoms with E-state index in [2.05, 4.69) is 10.6 Å². The monoisotopic (exact) mass is 442 g/mol. The number of carbonyl (C=O) groups excluding carboxylic acids is 3. The second-order valence-electron chi connectivity index (χ2n) is 7.48. The summed E-state index contributed by atoms with van der Waals surface area (Å²) in [7, 11) is 0. The molecule has 1 saturated heterocycles. The summed E-state index contributed by atoms with van der Waals surface area (Å²) >= 11 is 5.86. The van der Waals surface area contributed by atoms with Crippen molar-refractivity contribution in [1.82, 2.24) is 4.90 Å². The largest absolute Gasteiger partial charge is 0.482 e. The van der Waals surface area contributed by atoms with E-state index in [1.165, 1.54) is 4.90 Å². The fourth-order valence-corrected chi connectivity index (χ4v) is 3.78. The van der Waals surface area contributed by atoms with Gasteiger partial charge in [-0.25, -0.2) is 4.79 Å². The van der Waals surface area contributed by atoms with E-state index in [9.17, 15) is 14.4 Å². The van der Waals surface area contributed by atoms with Gasteiger partial charge in [-0.05, 0) is 61.7 Å². The fourth-order valence-electron chi connectivity index (χ4n) is 3.66. The van der Waals surface area contributed by atoms with Gasteiger partial charge in [-0.15, -0.1) is 0 Å². The molecule has 0 radical (unpaired) electrons. The number of anilines is 3. The lowest BCUT2D eigenvalue weighted by Crippen LogP contribution is -2.47. The Bertz CT molecular complexity index is 990. The number of piperidine rings is 1. The number of fused-ring (bicyclic) bond motifs is 1. The van der Waals surface area contributed by atoms with Crippen LogP contribution in [0.5, 0.6) is 5.75 Å². The second kappa shape index (κ2) is 9.26. The Kier molecular flexibility index (Phi) is 6.27. The van der Waals surface area contributed by atoms with Gasteiger partial charge in [-0.2, -0.15) is 0 Å². The molecular weight excluding hydrogens is 420 g/mol. The summed E-state index contributed by atoms with van der Waals surface area (Å²) in [5.41, 5.74) is 1.52. The minimum Gasteiger partial charge on any atom is -0.482 e. The number of likely N-dealkylation sites (tertiary alicyclic amines) is 1. The van der Waals surface area contributed by atoms with Crippen LogP contribution in [-0.2, 0) is 9.59 Å². The highest BCUT2D eigenvalue weighted by Gasteiger charge is 2.29. The summed E-state index contributed by atoms with van der Waals surface area (Å²) in [6.45, 7) is 1.27. The Morgan fingerprint density at radius 1 is 0.968 bits per heavy atom. The summed E-state index contributed by atoms with van der Waals surface area (Å²) in [6.07, 6.45) is 3.09. The Labute approximate surface area is 185 Å². The Morgan fingerprint density at radius 3 is 2.39 bits per heavy atom. The molecule has 0 aliphatic carbocycles. The van der Waals surface area contributed by atoms with Crippen molar-refractivity contribution < 1.29 is 19.1 Å². The van der Waals surface area contributed by atoms with Crippen molar-refractivity contribution in [3.63, 3.8) is 0 Å². The molecule has 2 aliphatic heterocycles. The third kappa shape index (κ3) is 5.08. The molecule has 9 heteroatoms. The Balaban J connectivity index is 1.47. The highest BCUT2D eigenvalue weighted by molar-refractivity contribution is 6.30. The average molecular weight is 443 g/mol. The smallest absolute Gasteiger partial charge is 0.323 e. The molecule has 0 aromatic heterocycles. The van der Waals surface area contributed by atoms with E-state index in [1.807, 2.05) is 0 Å². The van der Waals surface area contributed by atoms with E-state index in [-0.39, 0.29) is 25.0 Å². The van der Waals surface area contributed by atoms with E-state index >= 15 is 0 Å². The van der Waals surface area contributed by atoms with E-state index in [0.717, 1.165) is 32.4 Å². The number of hydrogen-bond acceptors (Lipinski definition) is 4. The number of carbonyl (C=O) groups is 3. The molecule has 0 saturated carbocycles. The zero-order valence-electron chi connectivity index (χ0n) is 16.9. The summed E-state index contributed by atoms with van der Waals surface area (Å²) in [6, 6.07) is 11.3. The first kappa shape index (κ1) is 21.0. The van der Waals surface area contributed by atoms with E-state index in [1.54, 1.807) is 47.4 Å². The SMILES string of the molecule is O=C(Nc1ccc(Cl)cc1)Nc1ccc2c(c1)N(CC(=O)N1CCCCC1)C(=O)CO2. The molecule has 0 bridgehead atoms. The van der Waals surface area contributed by atoms with Crippen LogP contribution in [0.1, 0.15) is 19.3 Å². The van der Waals surface area contributed by atoms with Crippen LogP contribution in [0.4, 0.5) is 21.9 Å². The maximum atomic E-state index is 12.7. The predicted octanol–water partition coefficient (Wildman–Crippen LogP) is 3.72. The number of nitrogens with zero attached hydrogens (tertiary/aromatic N) is 2. The number of halogens is 1. The molecule has 2 aromatic carbocycles. The third-order valence-corrected chi connectivity index (χ3v) is 5.52. The number of rotatable bonds is 4. The molecule has 4 rings (SSSR count). The van der Waals surface area contributed by atoms with Gasteiger partial charge in [0.1, 0.15) is 12.3 Å². The van der Waals surface area contributed by atoms with Gasteiger partial charge in [0.2, 0.25) is 5.91 Å². The van der Waals surface area contributed by atoms with Crippen LogP contribution < -0.4 is 20.3 Å². The quantitative estimate of drug-likeness (QED) is 0.754. The fraction of sp³-hybridized carbons (Fsp3) is 0.318. The zero-order valence-corrected chi connectivity index (χ0v) is 17.7. The number of ether oxygens (including phenoxy) is 1. The molecule has 1 fully saturated rings. The molecular formula is C22H23ClN4O4. The summed E-state index contributed by atoms with van der Waals surface area (Å²) in [5, 5.41) is 6.02. The van der Waals surface area contributed by atoms with Crippen LogP contribution in [0.2, 0.25) is 5.02 Å². The average Bonchev–Trinajstić information content (AvgIpc) is 2.78. The molecule has 0 unspecified atom stereocenters. The van der Waals surface area contributed by atoms with Crippen molar-refractivity contribution in [2.45, 2.75) is 19.3 Å². The van der Waals surface area contributed by atoms with Gasteiger partial charge in [0.25, 0.3) is 5.91 Å². The molecule has 2 N–H and O–H groups in total. The van der Waals surface area contributed by atoms with Crippen LogP contribution in [-0.4, -0.2) is 49.0 Å². The summed E-state index contributed by atoms with van der Waals surface area (Å²) in [5.74, 6) is 0.120. The minimum absolute atomic E-state index is 0.0460. The van der Waals surface area contributed by atoms with Gasteiger partial charge in [-0.1, -0.05) is 11.6 Å². The molecule has 31 heavy (non-hydrogen) atoms. The normalized spacial score (nSPS) is 15.7. The van der Waals surface area contributed by atoms with Crippen LogP contribution in [0.3, 0.4) is 0 Å². The molecule has 8 nitrogen and oxygen atoms in total. The molecule has 2 heterocycles. The predicted molar refractivity (Wildman–Crippen MR) is 119 cm³/mol. The van der Waals surface area contributed by atoms with Crippen molar-refractivity contribution >= 4 is 46.5 Å². The van der Waals surface area contributed by atoms with Crippen LogP contribution in [0.25, 0.3) is 0 Å². The number of amides is 4. The lowest BCUT2D eigenvalue weighted by molar-refractivity contribution is -0.132. The van der Waals surface area contributed by atoms with Crippen LogP contribution in [0.15, 0.2) is 42.5 Å². The highest BCUT2D eigenvalue weighted by atomic mass is 35.5. The van der Waals surface area contributed by atoms with E-state index in [0.29, 0.717) is 27.8 Å². The van der Waals surface area contributed by atoms with Gasteiger partial charge in [-0.3, -0.25) is 14.5 Å². The lowest BCUT2D eigenvalue weighted by Gasteiger charge is -2.33. The first-order valence-corrected chi connectivity index (χ1v) is 10.6.